The normalized spacial score (nSPS) is 18.5. The molecule has 0 bridgehead atoms. The number of nitrogens with two attached hydrogens (primary N) is 1. The molecule has 0 saturated carbocycles. The molecule has 1 fully saturated rings. The van der Waals surface area contributed by atoms with Crippen LogP contribution in [0.25, 0.3) is 0 Å². The predicted octanol–water partition coefficient (Wildman–Crippen LogP) is 2.10. The minimum absolute atomic E-state index is 0.647. The number of piperidine rings is 1. The van der Waals surface area contributed by atoms with Crippen LogP contribution in [0.2, 0.25) is 0 Å². The van der Waals surface area contributed by atoms with Gasteiger partial charge in [-0.05, 0) is 44.3 Å². The van der Waals surface area contributed by atoms with E-state index in [0.717, 1.165) is 19.6 Å². The van der Waals surface area contributed by atoms with Gasteiger partial charge in [-0.15, -0.1) is 0 Å². The van der Waals surface area contributed by atoms with Crippen molar-refractivity contribution in [3.8, 4) is 0 Å². The Morgan fingerprint density at radius 1 is 1.24 bits per heavy atom. The van der Waals surface area contributed by atoms with E-state index in [9.17, 15) is 0 Å². The third-order valence-electron chi connectivity index (χ3n) is 3.57. The number of nitrogens with zero attached hydrogens (tertiary/aromatic N) is 1. The molecule has 0 radical (unpaired) electrons. The Balaban J connectivity index is 1.79. The smallest absolute Gasteiger partial charge is 0.0708 e. The van der Waals surface area contributed by atoms with Gasteiger partial charge in [0.25, 0.3) is 0 Å². The predicted molar refractivity (Wildman–Crippen MR) is 69.3 cm³/mol. The molecular formula is C14H22N2O. The molecule has 0 unspecified atom stereocenters. The van der Waals surface area contributed by atoms with Crippen molar-refractivity contribution in [2.75, 3.05) is 19.7 Å². The SMILES string of the molecule is Cc1ccc(CN2CCC(CON)CC2)cc1. The largest absolute Gasteiger partial charge is 0.304 e. The second kappa shape index (κ2) is 6.15. The van der Waals surface area contributed by atoms with Gasteiger partial charge in [-0.3, -0.25) is 4.90 Å². The third-order valence-corrected chi connectivity index (χ3v) is 3.57. The van der Waals surface area contributed by atoms with E-state index in [2.05, 4.69) is 36.1 Å². The fourth-order valence-electron chi connectivity index (χ4n) is 2.40. The van der Waals surface area contributed by atoms with Crippen molar-refractivity contribution in [1.29, 1.82) is 0 Å². The second-order valence-corrected chi connectivity index (χ2v) is 5.04. The molecule has 1 aliphatic heterocycles. The van der Waals surface area contributed by atoms with E-state index in [-0.39, 0.29) is 0 Å². The summed E-state index contributed by atoms with van der Waals surface area (Å²) in [4.78, 5) is 7.24. The number of aryl methyl sites for hydroxylation is 1. The number of likely N-dealkylation sites (tertiary alicyclic amines) is 1. The first-order valence-corrected chi connectivity index (χ1v) is 6.37. The van der Waals surface area contributed by atoms with Crippen molar-refractivity contribution >= 4 is 0 Å². The van der Waals surface area contributed by atoms with E-state index < -0.39 is 0 Å². The van der Waals surface area contributed by atoms with Gasteiger partial charge in [-0.25, -0.2) is 5.90 Å². The maximum Gasteiger partial charge on any atom is 0.0708 e. The van der Waals surface area contributed by atoms with Crippen LogP contribution < -0.4 is 5.90 Å². The molecule has 0 spiro atoms. The zero-order valence-corrected chi connectivity index (χ0v) is 10.6. The lowest BCUT2D eigenvalue weighted by Gasteiger charge is -2.31. The van der Waals surface area contributed by atoms with Crippen LogP contribution in [0.1, 0.15) is 24.0 Å². The first kappa shape index (κ1) is 12.6. The Bertz CT molecular complexity index is 329. The lowest BCUT2D eigenvalue weighted by Crippen LogP contribution is -2.35. The van der Waals surface area contributed by atoms with Crippen LogP contribution in [0.3, 0.4) is 0 Å². The molecule has 2 N–H and O–H groups in total. The fraction of sp³-hybridized carbons (Fsp3) is 0.571. The van der Waals surface area contributed by atoms with Crippen molar-refractivity contribution in [2.24, 2.45) is 11.8 Å². The standard InChI is InChI=1S/C14H22N2O/c1-12-2-4-13(5-3-12)10-16-8-6-14(7-9-16)11-17-15/h2-5,14H,6-11,15H2,1H3. The second-order valence-electron chi connectivity index (χ2n) is 5.04. The average molecular weight is 234 g/mol. The van der Waals surface area contributed by atoms with Crippen LogP contribution >= 0.6 is 0 Å². The summed E-state index contributed by atoms with van der Waals surface area (Å²) in [5.74, 6) is 5.77. The van der Waals surface area contributed by atoms with E-state index in [1.165, 1.54) is 24.0 Å². The molecule has 1 heterocycles. The molecular weight excluding hydrogens is 212 g/mol. The zero-order chi connectivity index (χ0) is 12.1. The van der Waals surface area contributed by atoms with E-state index in [0.29, 0.717) is 12.5 Å². The molecule has 1 aliphatic rings. The highest BCUT2D eigenvalue weighted by Crippen LogP contribution is 2.19. The first-order chi connectivity index (χ1) is 8.28. The van der Waals surface area contributed by atoms with Gasteiger partial charge in [0.15, 0.2) is 0 Å². The lowest BCUT2D eigenvalue weighted by molar-refractivity contribution is 0.0658. The molecule has 2 rings (SSSR count). The van der Waals surface area contributed by atoms with Gasteiger partial charge in [-0.2, -0.15) is 0 Å². The molecule has 3 heteroatoms. The zero-order valence-electron chi connectivity index (χ0n) is 10.6. The van der Waals surface area contributed by atoms with E-state index in [4.69, 9.17) is 10.7 Å². The van der Waals surface area contributed by atoms with Crippen molar-refractivity contribution < 1.29 is 4.84 Å². The lowest BCUT2D eigenvalue weighted by atomic mass is 9.97. The molecule has 94 valence electrons. The van der Waals surface area contributed by atoms with Gasteiger partial charge < -0.3 is 4.84 Å². The number of benzene rings is 1. The van der Waals surface area contributed by atoms with Crippen LogP contribution in [0.4, 0.5) is 0 Å². The van der Waals surface area contributed by atoms with Gasteiger partial charge >= 0.3 is 0 Å². The summed E-state index contributed by atoms with van der Waals surface area (Å²) in [6.45, 7) is 6.21. The maximum absolute atomic E-state index is 5.12. The molecule has 0 aliphatic carbocycles. The van der Waals surface area contributed by atoms with E-state index in [1.807, 2.05) is 0 Å². The van der Waals surface area contributed by atoms with Gasteiger partial charge in [0.2, 0.25) is 0 Å². The van der Waals surface area contributed by atoms with E-state index >= 15 is 0 Å². The van der Waals surface area contributed by atoms with Crippen LogP contribution in [-0.4, -0.2) is 24.6 Å². The highest BCUT2D eigenvalue weighted by molar-refractivity contribution is 5.21. The summed E-state index contributed by atoms with van der Waals surface area (Å²) < 4.78 is 0. The molecule has 0 amide bonds. The third kappa shape index (κ3) is 3.80. The Hall–Kier alpha value is -0.900. The number of rotatable bonds is 4. The maximum atomic E-state index is 5.12. The monoisotopic (exact) mass is 234 g/mol. The molecule has 0 atom stereocenters. The molecule has 17 heavy (non-hydrogen) atoms. The van der Waals surface area contributed by atoms with Gasteiger partial charge in [0.05, 0.1) is 6.61 Å². The number of hydrogen-bond donors (Lipinski definition) is 1. The summed E-state index contributed by atoms with van der Waals surface area (Å²) in [5, 5.41) is 0. The van der Waals surface area contributed by atoms with Crippen molar-refractivity contribution in [3.05, 3.63) is 35.4 Å². The van der Waals surface area contributed by atoms with Crippen molar-refractivity contribution in [1.82, 2.24) is 4.90 Å². The van der Waals surface area contributed by atoms with Gasteiger partial charge in [-0.1, -0.05) is 29.8 Å². The fourth-order valence-corrected chi connectivity index (χ4v) is 2.40. The quantitative estimate of drug-likeness (QED) is 0.811. The van der Waals surface area contributed by atoms with Crippen molar-refractivity contribution in [3.63, 3.8) is 0 Å². The molecule has 1 saturated heterocycles. The highest BCUT2D eigenvalue weighted by Gasteiger charge is 2.18. The summed E-state index contributed by atoms with van der Waals surface area (Å²) in [5.41, 5.74) is 2.73. The number of hydrogen-bond acceptors (Lipinski definition) is 3. The van der Waals surface area contributed by atoms with Gasteiger partial charge in [0, 0.05) is 6.54 Å². The van der Waals surface area contributed by atoms with Gasteiger partial charge in [0.1, 0.15) is 0 Å². The average Bonchev–Trinajstić information content (AvgIpc) is 2.35. The van der Waals surface area contributed by atoms with Crippen LogP contribution in [-0.2, 0) is 11.4 Å². The summed E-state index contributed by atoms with van der Waals surface area (Å²) in [6.07, 6.45) is 2.39. The molecule has 3 nitrogen and oxygen atoms in total. The first-order valence-electron chi connectivity index (χ1n) is 6.37. The summed E-state index contributed by atoms with van der Waals surface area (Å²) in [7, 11) is 0. The Labute approximate surface area is 104 Å². The minimum atomic E-state index is 0.647. The topological polar surface area (TPSA) is 38.5 Å². The summed E-state index contributed by atoms with van der Waals surface area (Å²) >= 11 is 0. The highest BCUT2D eigenvalue weighted by atomic mass is 16.6. The summed E-state index contributed by atoms with van der Waals surface area (Å²) in [6, 6.07) is 8.82. The molecule has 1 aromatic rings. The van der Waals surface area contributed by atoms with E-state index in [1.54, 1.807) is 0 Å². The van der Waals surface area contributed by atoms with Crippen LogP contribution in [0, 0.1) is 12.8 Å². The van der Waals surface area contributed by atoms with Crippen LogP contribution in [0.15, 0.2) is 24.3 Å². The molecule has 1 aromatic carbocycles. The Morgan fingerprint density at radius 3 is 2.47 bits per heavy atom. The van der Waals surface area contributed by atoms with Crippen LogP contribution in [0.5, 0.6) is 0 Å². The Kier molecular flexibility index (Phi) is 4.54. The Morgan fingerprint density at radius 2 is 1.88 bits per heavy atom. The minimum Gasteiger partial charge on any atom is -0.304 e. The van der Waals surface area contributed by atoms with Crippen molar-refractivity contribution in [2.45, 2.75) is 26.3 Å². The molecule has 0 aromatic heterocycles.